The minimum absolute atomic E-state index is 0.133. The standard InChI is InChI=1S/C17H21N3O3S/c1-13(18-14-8-5-4-6-9-14)17(21)19-15-10-7-11-16(12-15)24(22,23)20(2)3/h4-13,18H,1-3H3,(H,19,21). The molecule has 0 aromatic heterocycles. The molecule has 128 valence electrons. The lowest BCUT2D eigenvalue weighted by Gasteiger charge is -2.16. The van der Waals surface area contributed by atoms with E-state index in [0.29, 0.717) is 5.69 Å². The van der Waals surface area contributed by atoms with Crippen LogP contribution in [0, 0.1) is 0 Å². The second-order valence-electron chi connectivity index (χ2n) is 5.54. The molecule has 6 nitrogen and oxygen atoms in total. The van der Waals surface area contributed by atoms with Gasteiger partial charge in [0.1, 0.15) is 6.04 Å². The summed E-state index contributed by atoms with van der Waals surface area (Å²) < 4.78 is 25.4. The number of anilines is 2. The van der Waals surface area contributed by atoms with E-state index in [1.54, 1.807) is 19.1 Å². The molecule has 2 N–H and O–H groups in total. The van der Waals surface area contributed by atoms with Gasteiger partial charge in [-0.25, -0.2) is 12.7 Å². The minimum atomic E-state index is -3.54. The number of nitrogens with one attached hydrogen (secondary N) is 2. The van der Waals surface area contributed by atoms with Gasteiger partial charge in [0.15, 0.2) is 0 Å². The second kappa shape index (κ2) is 7.46. The zero-order valence-electron chi connectivity index (χ0n) is 13.9. The quantitative estimate of drug-likeness (QED) is 0.841. The predicted octanol–water partition coefficient (Wildman–Crippen LogP) is 2.38. The monoisotopic (exact) mass is 347 g/mol. The molecule has 0 aliphatic carbocycles. The molecule has 0 spiro atoms. The van der Waals surface area contributed by atoms with Gasteiger partial charge in [-0.2, -0.15) is 0 Å². The number of carbonyl (C=O) groups is 1. The number of hydrogen-bond acceptors (Lipinski definition) is 4. The molecule has 2 aromatic carbocycles. The molecular weight excluding hydrogens is 326 g/mol. The van der Waals surface area contributed by atoms with Crippen molar-refractivity contribution in [3.8, 4) is 0 Å². The van der Waals surface area contributed by atoms with E-state index in [9.17, 15) is 13.2 Å². The van der Waals surface area contributed by atoms with Crippen molar-refractivity contribution in [1.82, 2.24) is 4.31 Å². The smallest absolute Gasteiger partial charge is 0.246 e. The van der Waals surface area contributed by atoms with Crippen LogP contribution in [-0.2, 0) is 14.8 Å². The average molecular weight is 347 g/mol. The largest absolute Gasteiger partial charge is 0.374 e. The van der Waals surface area contributed by atoms with Crippen LogP contribution in [-0.4, -0.2) is 38.8 Å². The van der Waals surface area contributed by atoms with Gasteiger partial charge in [-0.05, 0) is 37.3 Å². The van der Waals surface area contributed by atoms with Crippen molar-refractivity contribution in [1.29, 1.82) is 0 Å². The molecule has 1 atom stereocenters. The highest BCUT2D eigenvalue weighted by atomic mass is 32.2. The van der Waals surface area contributed by atoms with Crippen LogP contribution in [0.2, 0.25) is 0 Å². The number of nitrogens with zero attached hydrogens (tertiary/aromatic N) is 1. The number of amides is 1. The highest BCUT2D eigenvalue weighted by molar-refractivity contribution is 7.89. The number of hydrogen-bond donors (Lipinski definition) is 2. The summed E-state index contributed by atoms with van der Waals surface area (Å²) in [5, 5.41) is 5.82. The summed E-state index contributed by atoms with van der Waals surface area (Å²) in [6.45, 7) is 1.74. The maximum atomic E-state index is 12.3. The first-order valence-electron chi connectivity index (χ1n) is 7.46. The molecule has 1 unspecified atom stereocenters. The van der Waals surface area contributed by atoms with Crippen molar-refractivity contribution in [2.75, 3.05) is 24.7 Å². The third-order valence-electron chi connectivity index (χ3n) is 3.43. The van der Waals surface area contributed by atoms with Gasteiger partial charge in [0, 0.05) is 25.5 Å². The van der Waals surface area contributed by atoms with Gasteiger partial charge in [0.05, 0.1) is 4.90 Å². The Kier molecular flexibility index (Phi) is 5.58. The highest BCUT2D eigenvalue weighted by Gasteiger charge is 2.18. The highest BCUT2D eigenvalue weighted by Crippen LogP contribution is 2.18. The Hall–Kier alpha value is -2.38. The molecule has 7 heteroatoms. The Morgan fingerprint density at radius 2 is 1.62 bits per heavy atom. The molecule has 0 fully saturated rings. The Morgan fingerprint density at radius 3 is 2.25 bits per heavy atom. The van der Waals surface area contributed by atoms with Gasteiger partial charge in [-0.1, -0.05) is 24.3 Å². The van der Waals surface area contributed by atoms with Crippen LogP contribution in [0.3, 0.4) is 0 Å². The van der Waals surface area contributed by atoms with Crippen molar-refractivity contribution in [3.05, 3.63) is 54.6 Å². The summed E-state index contributed by atoms with van der Waals surface area (Å²) in [6.07, 6.45) is 0. The Balaban J connectivity index is 2.09. The van der Waals surface area contributed by atoms with Crippen LogP contribution in [0.1, 0.15) is 6.92 Å². The van der Waals surface area contributed by atoms with Gasteiger partial charge < -0.3 is 10.6 Å². The van der Waals surface area contributed by atoms with Crippen LogP contribution < -0.4 is 10.6 Å². The van der Waals surface area contributed by atoms with Gasteiger partial charge >= 0.3 is 0 Å². The predicted molar refractivity (Wildman–Crippen MR) is 95.5 cm³/mol. The molecular formula is C17H21N3O3S. The Labute approximate surface area is 142 Å². The van der Waals surface area contributed by atoms with E-state index in [0.717, 1.165) is 9.99 Å². The summed E-state index contributed by atoms with van der Waals surface area (Å²) in [5.74, 6) is -0.252. The molecule has 2 aromatic rings. The van der Waals surface area contributed by atoms with E-state index < -0.39 is 16.1 Å². The molecule has 0 aliphatic heterocycles. The van der Waals surface area contributed by atoms with E-state index in [4.69, 9.17) is 0 Å². The average Bonchev–Trinajstić information content (AvgIpc) is 2.55. The van der Waals surface area contributed by atoms with E-state index >= 15 is 0 Å². The summed E-state index contributed by atoms with van der Waals surface area (Å²) >= 11 is 0. The minimum Gasteiger partial charge on any atom is -0.374 e. The number of para-hydroxylation sites is 1. The van der Waals surface area contributed by atoms with Crippen LogP contribution in [0.5, 0.6) is 0 Å². The maximum Gasteiger partial charge on any atom is 0.246 e. The molecule has 0 bridgehead atoms. The lowest BCUT2D eigenvalue weighted by Crippen LogP contribution is -2.32. The second-order valence-corrected chi connectivity index (χ2v) is 7.69. The van der Waals surface area contributed by atoms with E-state index in [-0.39, 0.29) is 10.8 Å². The molecule has 24 heavy (non-hydrogen) atoms. The molecule has 0 heterocycles. The van der Waals surface area contributed by atoms with Gasteiger partial charge in [0.25, 0.3) is 0 Å². The van der Waals surface area contributed by atoms with Crippen LogP contribution in [0.15, 0.2) is 59.5 Å². The first kappa shape index (κ1) is 18.0. The van der Waals surface area contributed by atoms with Crippen molar-refractivity contribution >= 4 is 27.3 Å². The summed E-state index contributed by atoms with van der Waals surface area (Å²) in [7, 11) is -0.608. The molecule has 2 rings (SSSR count). The summed E-state index contributed by atoms with van der Waals surface area (Å²) in [6, 6.07) is 15.1. The SMILES string of the molecule is CC(Nc1ccccc1)C(=O)Nc1cccc(S(=O)(=O)N(C)C)c1. The van der Waals surface area contributed by atoms with Crippen molar-refractivity contribution in [3.63, 3.8) is 0 Å². The molecule has 0 saturated heterocycles. The van der Waals surface area contributed by atoms with Crippen molar-refractivity contribution in [2.45, 2.75) is 17.9 Å². The van der Waals surface area contributed by atoms with Crippen molar-refractivity contribution < 1.29 is 13.2 Å². The first-order valence-corrected chi connectivity index (χ1v) is 8.90. The van der Waals surface area contributed by atoms with Gasteiger partial charge in [-0.3, -0.25) is 4.79 Å². The summed E-state index contributed by atoms with van der Waals surface area (Å²) in [4.78, 5) is 12.4. The fourth-order valence-electron chi connectivity index (χ4n) is 2.05. The zero-order valence-corrected chi connectivity index (χ0v) is 14.7. The lowest BCUT2D eigenvalue weighted by molar-refractivity contribution is -0.116. The van der Waals surface area contributed by atoms with Gasteiger partial charge in [-0.15, -0.1) is 0 Å². The fourth-order valence-corrected chi connectivity index (χ4v) is 2.99. The van der Waals surface area contributed by atoms with Crippen LogP contribution in [0.4, 0.5) is 11.4 Å². The zero-order chi connectivity index (χ0) is 17.7. The molecule has 0 radical (unpaired) electrons. The number of carbonyl (C=O) groups excluding carboxylic acids is 1. The first-order chi connectivity index (χ1) is 11.3. The van der Waals surface area contributed by atoms with E-state index in [1.165, 1.54) is 26.2 Å². The number of rotatable bonds is 6. The third kappa shape index (κ3) is 4.33. The Bertz CT molecular complexity index is 805. The molecule has 0 aliphatic rings. The van der Waals surface area contributed by atoms with Crippen LogP contribution >= 0.6 is 0 Å². The maximum absolute atomic E-state index is 12.3. The topological polar surface area (TPSA) is 78.5 Å². The normalized spacial score (nSPS) is 12.7. The van der Waals surface area contributed by atoms with Gasteiger partial charge in [0.2, 0.25) is 15.9 Å². The fraction of sp³-hybridized carbons (Fsp3) is 0.235. The number of benzene rings is 2. The lowest BCUT2D eigenvalue weighted by atomic mass is 10.2. The number of sulfonamides is 1. The Morgan fingerprint density at radius 1 is 1.00 bits per heavy atom. The van der Waals surface area contributed by atoms with E-state index in [2.05, 4.69) is 10.6 Å². The molecule has 1 amide bonds. The van der Waals surface area contributed by atoms with Crippen LogP contribution in [0.25, 0.3) is 0 Å². The molecule has 0 saturated carbocycles. The summed E-state index contributed by atoms with van der Waals surface area (Å²) in [5.41, 5.74) is 1.27. The van der Waals surface area contributed by atoms with E-state index in [1.807, 2.05) is 30.3 Å². The third-order valence-corrected chi connectivity index (χ3v) is 5.24. The van der Waals surface area contributed by atoms with Crippen molar-refractivity contribution in [2.24, 2.45) is 0 Å².